The number of piperidine rings is 1. The zero-order chi connectivity index (χ0) is 29.8. The largest absolute Gasteiger partial charge is 0.444 e. The molecule has 5 atom stereocenters. The first-order chi connectivity index (χ1) is 18.7. The first-order valence-electron chi connectivity index (χ1n) is 14.4. The molecule has 0 spiro atoms. The summed E-state index contributed by atoms with van der Waals surface area (Å²) in [5, 5.41) is 8.06. The Bertz CT molecular complexity index is 1030. The Balaban J connectivity index is 1.83. The lowest BCUT2D eigenvalue weighted by Crippen LogP contribution is -2.59. The number of ether oxygens (including phenoxy) is 1. The highest BCUT2D eigenvalue weighted by Gasteiger charge is 2.69. The summed E-state index contributed by atoms with van der Waals surface area (Å²) in [5.41, 5.74) is -0.873. The highest BCUT2D eigenvalue weighted by atomic mass is 16.6. The Morgan fingerprint density at radius 2 is 1.70 bits per heavy atom. The molecule has 0 aromatic carbocycles. The van der Waals surface area contributed by atoms with Crippen LogP contribution in [0.3, 0.4) is 0 Å². The van der Waals surface area contributed by atoms with Gasteiger partial charge in [0.15, 0.2) is 0 Å². The molecule has 0 radical (unpaired) electrons. The van der Waals surface area contributed by atoms with Gasteiger partial charge in [0, 0.05) is 13.1 Å². The molecule has 1 heterocycles. The fraction of sp³-hybridized carbons (Fsp3) is 0.700. The topological polar surface area (TPSA) is 134 Å². The van der Waals surface area contributed by atoms with Gasteiger partial charge in [0.25, 0.3) is 5.91 Å². The van der Waals surface area contributed by atoms with Gasteiger partial charge < -0.3 is 25.6 Å². The second-order valence-corrected chi connectivity index (χ2v) is 12.8. The quantitative estimate of drug-likeness (QED) is 0.249. The van der Waals surface area contributed by atoms with Crippen molar-refractivity contribution in [3.63, 3.8) is 0 Å². The summed E-state index contributed by atoms with van der Waals surface area (Å²) in [6.07, 6.45) is 6.57. The standard InChI is InChI=1S/C30H46N4O6/c1-8-10-15-20(24(35)26(37)31-16-9-2)32-25(36)23-21-19(30(21,6)7)17-34(23)27(38)22(18-13-11-12-14-18)33-28(39)40-29(3,4)5/h8-9,18-23H,1-2,10-17H2,3-7H3,(H,31,37)(H,32,36)(H,33,39)/t19?,20-,21?,22-,23?/m0/s1. The summed E-state index contributed by atoms with van der Waals surface area (Å²) in [6.45, 7) is 17.2. The first-order valence-corrected chi connectivity index (χ1v) is 14.4. The Hall–Kier alpha value is -3.17. The molecule has 222 valence electrons. The Kier molecular flexibility index (Phi) is 9.85. The highest BCUT2D eigenvalue weighted by molar-refractivity contribution is 6.38. The van der Waals surface area contributed by atoms with Crippen LogP contribution in [0, 0.1) is 23.2 Å². The van der Waals surface area contributed by atoms with Crippen LogP contribution in [0.2, 0.25) is 0 Å². The number of carbonyl (C=O) groups excluding carboxylic acids is 5. The van der Waals surface area contributed by atoms with Gasteiger partial charge in [-0.25, -0.2) is 4.79 Å². The van der Waals surface area contributed by atoms with E-state index in [2.05, 4.69) is 43.0 Å². The van der Waals surface area contributed by atoms with Crippen LogP contribution in [0.15, 0.2) is 25.3 Å². The summed E-state index contributed by atoms with van der Waals surface area (Å²) in [5.74, 6) is -2.35. The number of amides is 4. The minimum Gasteiger partial charge on any atom is -0.444 e. The number of nitrogens with zero attached hydrogens (tertiary/aromatic N) is 1. The third-order valence-corrected chi connectivity index (χ3v) is 8.49. The Morgan fingerprint density at radius 3 is 2.27 bits per heavy atom. The van der Waals surface area contributed by atoms with Crippen molar-refractivity contribution in [3.05, 3.63) is 25.3 Å². The van der Waals surface area contributed by atoms with E-state index in [-0.39, 0.29) is 42.0 Å². The molecule has 1 aliphatic heterocycles. The molecular formula is C30H46N4O6. The number of rotatable bonds is 12. The van der Waals surface area contributed by atoms with E-state index < -0.39 is 47.4 Å². The molecule has 10 nitrogen and oxygen atoms in total. The van der Waals surface area contributed by atoms with Gasteiger partial charge in [0.2, 0.25) is 17.6 Å². The molecule has 3 rings (SSSR count). The summed E-state index contributed by atoms with van der Waals surface area (Å²) in [6, 6.07) is -2.68. The van der Waals surface area contributed by atoms with Crippen LogP contribution >= 0.6 is 0 Å². The van der Waals surface area contributed by atoms with Crippen LogP contribution in [-0.4, -0.2) is 71.3 Å². The Morgan fingerprint density at radius 1 is 1.05 bits per heavy atom. The maximum absolute atomic E-state index is 14.1. The predicted molar refractivity (Wildman–Crippen MR) is 151 cm³/mol. The fourth-order valence-electron chi connectivity index (χ4n) is 6.32. The number of fused-ring (bicyclic) bond motifs is 1. The van der Waals surface area contributed by atoms with E-state index in [4.69, 9.17) is 4.74 Å². The second-order valence-electron chi connectivity index (χ2n) is 12.8. The highest BCUT2D eigenvalue weighted by Crippen LogP contribution is 2.65. The fourth-order valence-corrected chi connectivity index (χ4v) is 6.32. The van der Waals surface area contributed by atoms with Gasteiger partial charge in [-0.1, -0.05) is 38.8 Å². The summed E-state index contributed by atoms with van der Waals surface area (Å²) in [7, 11) is 0. The average molecular weight is 559 g/mol. The molecular weight excluding hydrogens is 512 g/mol. The zero-order valence-electron chi connectivity index (χ0n) is 24.6. The van der Waals surface area contributed by atoms with E-state index in [1.165, 1.54) is 6.08 Å². The predicted octanol–water partition coefficient (Wildman–Crippen LogP) is 2.88. The minimum atomic E-state index is -1.06. The van der Waals surface area contributed by atoms with Gasteiger partial charge in [-0.05, 0) is 69.6 Å². The molecule has 1 saturated heterocycles. The summed E-state index contributed by atoms with van der Waals surface area (Å²) < 4.78 is 5.46. The molecule has 3 fully saturated rings. The summed E-state index contributed by atoms with van der Waals surface area (Å²) in [4.78, 5) is 67.5. The molecule has 10 heteroatoms. The number of likely N-dealkylation sites (tertiary alicyclic amines) is 1. The maximum atomic E-state index is 14.1. The van der Waals surface area contributed by atoms with Crippen molar-refractivity contribution < 1.29 is 28.7 Å². The molecule has 3 N–H and O–H groups in total. The molecule has 0 aromatic heterocycles. The number of alkyl carbamates (subject to hydrolysis) is 1. The van der Waals surface area contributed by atoms with Crippen molar-refractivity contribution in [1.82, 2.24) is 20.9 Å². The number of hydrogen-bond acceptors (Lipinski definition) is 6. The number of carbonyl (C=O) groups is 5. The molecule has 2 aliphatic carbocycles. The van der Waals surface area contributed by atoms with E-state index >= 15 is 0 Å². The SMILES string of the molecule is C=CCC[C@H](NC(=O)C1C2C(CN1C(=O)[C@@H](NC(=O)OC(C)(C)C)C1CCCC1)C2(C)C)C(=O)C(=O)NCC=C. The van der Waals surface area contributed by atoms with Gasteiger partial charge in [-0.2, -0.15) is 0 Å². The lowest BCUT2D eigenvalue weighted by atomic mass is 9.94. The number of ketones is 1. The monoisotopic (exact) mass is 558 g/mol. The van der Waals surface area contributed by atoms with E-state index in [9.17, 15) is 24.0 Å². The van der Waals surface area contributed by atoms with Crippen molar-refractivity contribution >= 4 is 29.6 Å². The maximum Gasteiger partial charge on any atom is 0.408 e. The zero-order valence-corrected chi connectivity index (χ0v) is 24.6. The van der Waals surface area contributed by atoms with E-state index in [1.54, 1.807) is 31.7 Å². The molecule has 4 amide bonds. The average Bonchev–Trinajstić information content (AvgIpc) is 3.33. The number of allylic oxidation sites excluding steroid dienone is 1. The van der Waals surface area contributed by atoms with Gasteiger partial charge in [-0.3, -0.25) is 19.2 Å². The number of hydrogen-bond donors (Lipinski definition) is 3. The summed E-state index contributed by atoms with van der Waals surface area (Å²) >= 11 is 0. The third kappa shape index (κ3) is 7.12. The van der Waals surface area contributed by atoms with Crippen molar-refractivity contribution in [2.24, 2.45) is 23.2 Å². The van der Waals surface area contributed by atoms with Crippen molar-refractivity contribution in [2.45, 2.75) is 96.9 Å². The van der Waals surface area contributed by atoms with Gasteiger partial charge in [-0.15, -0.1) is 13.2 Å². The van der Waals surface area contributed by atoms with Gasteiger partial charge in [0.1, 0.15) is 17.7 Å². The van der Waals surface area contributed by atoms with Crippen LogP contribution in [-0.2, 0) is 23.9 Å². The molecule has 3 aliphatic rings. The third-order valence-electron chi connectivity index (χ3n) is 8.49. The normalized spacial score (nSPS) is 24.7. The first kappa shape index (κ1) is 31.4. The Labute approximate surface area is 237 Å². The lowest BCUT2D eigenvalue weighted by molar-refractivity contribution is -0.144. The van der Waals surface area contributed by atoms with Crippen LogP contribution in [0.25, 0.3) is 0 Å². The second kappa shape index (κ2) is 12.6. The molecule has 0 aromatic rings. The van der Waals surface area contributed by atoms with Gasteiger partial charge >= 0.3 is 6.09 Å². The molecule has 2 saturated carbocycles. The molecule has 0 bridgehead atoms. The van der Waals surface area contributed by atoms with E-state index in [0.29, 0.717) is 13.0 Å². The van der Waals surface area contributed by atoms with Crippen molar-refractivity contribution in [2.75, 3.05) is 13.1 Å². The number of nitrogens with one attached hydrogen (secondary N) is 3. The van der Waals surface area contributed by atoms with Crippen molar-refractivity contribution in [1.29, 1.82) is 0 Å². The van der Waals surface area contributed by atoms with E-state index in [1.807, 2.05) is 0 Å². The van der Waals surface area contributed by atoms with Crippen LogP contribution in [0.1, 0.15) is 73.1 Å². The molecule has 40 heavy (non-hydrogen) atoms. The van der Waals surface area contributed by atoms with Crippen LogP contribution < -0.4 is 16.0 Å². The van der Waals surface area contributed by atoms with Crippen LogP contribution in [0.4, 0.5) is 4.79 Å². The number of Topliss-reactive ketones (excluding diaryl/α,β-unsaturated/α-hetero) is 1. The van der Waals surface area contributed by atoms with Crippen molar-refractivity contribution in [3.8, 4) is 0 Å². The smallest absolute Gasteiger partial charge is 0.408 e. The van der Waals surface area contributed by atoms with E-state index in [0.717, 1.165) is 25.7 Å². The minimum absolute atomic E-state index is 0.0517. The molecule has 3 unspecified atom stereocenters. The van der Waals surface area contributed by atoms with Crippen LogP contribution in [0.5, 0.6) is 0 Å². The van der Waals surface area contributed by atoms with Gasteiger partial charge in [0.05, 0.1) is 6.04 Å². The lowest BCUT2D eigenvalue weighted by Gasteiger charge is -2.35.